The maximum Gasteiger partial charge on any atom is 0.420 e. The lowest BCUT2D eigenvalue weighted by molar-refractivity contribution is -0.185. The van der Waals surface area contributed by atoms with E-state index in [4.69, 9.17) is 9.84 Å². The monoisotopic (exact) mass is 545 g/mol. The first-order chi connectivity index (χ1) is 17.9. The van der Waals surface area contributed by atoms with Gasteiger partial charge < -0.3 is 14.7 Å². The molecular formula is C28H33F6NO3. The Morgan fingerprint density at radius 1 is 1.00 bits per heavy atom. The molecule has 0 radical (unpaired) electrons. The fraction of sp³-hybridized carbons (Fsp3) is 0.607. The van der Waals surface area contributed by atoms with Gasteiger partial charge in [0.25, 0.3) is 0 Å². The molecule has 0 unspecified atom stereocenters. The molecule has 0 spiro atoms. The molecule has 1 saturated heterocycles. The number of hydrogen-bond acceptors (Lipinski definition) is 3. The number of aliphatic carboxylic acids is 1. The minimum Gasteiger partial charge on any atom is -0.490 e. The Morgan fingerprint density at radius 3 is 2.39 bits per heavy atom. The molecule has 2 fully saturated rings. The van der Waals surface area contributed by atoms with Gasteiger partial charge in [0.2, 0.25) is 0 Å². The first-order valence-corrected chi connectivity index (χ1v) is 13.2. The standard InChI is InChI=1S/C28H33F6NO3/c29-27(30,31)21-7-9-22(10-8-21)38-24-12-6-20-15-18(5-11-23(20)26(24)28(32,33)34)3-1-13-35-14-2-4-19(17-35)16-25(36)37/h5-6,11-12,15,19,21-22H,1-4,7-10,13-14,16-17H2,(H,36,37)/t19-,21?,22?/m1/s1. The largest absolute Gasteiger partial charge is 0.490 e. The third-order valence-electron chi connectivity index (χ3n) is 7.77. The number of rotatable bonds is 8. The second kappa shape index (κ2) is 11.7. The van der Waals surface area contributed by atoms with E-state index < -0.39 is 35.9 Å². The number of piperidine rings is 1. The zero-order chi connectivity index (χ0) is 27.5. The lowest BCUT2D eigenvalue weighted by Crippen LogP contribution is -2.37. The Morgan fingerprint density at radius 2 is 1.74 bits per heavy atom. The molecule has 4 rings (SSSR count). The van der Waals surface area contributed by atoms with Crippen LogP contribution in [0.5, 0.6) is 5.75 Å². The van der Waals surface area contributed by atoms with Gasteiger partial charge in [0.05, 0.1) is 12.0 Å². The highest BCUT2D eigenvalue weighted by Crippen LogP contribution is 2.44. The summed E-state index contributed by atoms with van der Waals surface area (Å²) in [6, 6.07) is 7.73. The van der Waals surface area contributed by atoms with Crippen molar-refractivity contribution in [2.24, 2.45) is 11.8 Å². The van der Waals surface area contributed by atoms with E-state index in [1.807, 2.05) is 0 Å². The number of carboxylic acid groups (broad SMARTS) is 1. The molecule has 4 nitrogen and oxygen atoms in total. The van der Waals surface area contributed by atoms with Crippen molar-refractivity contribution in [2.75, 3.05) is 19.6 Å². The van der Waals surface area contributed by atoms with Crippen molar-refractivity contribution in [1.29, 1.82) is 0 Å². The van der Waals surface area contributed by atoms with Crippen LogP contribution in [0.3, 0.4) is 0 Å². The van der Waals surface area contributed by atoms with Crippen LogP contribution in [0.1, 0.15) is 62.5 Å². The minimum atomic E-state index is -4.68. The molecule has 1 aliphatic carbocycles. The zero-order valence-corrected chi connectivity index (χ0v) is 21.1. The average molecular weight is 546 g/mol. The highest BCUT2D eigenvalue weighted by Gasteiger charge is 2.42. The normalized spacial score (nSPS) is 23.5. The summed E-state index contributed by atoms with van der Waals surface area (Å²) in [6.07, 6.45) is -6.30. The van der Waals surface area contributed by atoms with Crippen molar-refractivity contribution in [3.63, 3.8) is 0 Å². The van der Waals surface area contributed by atoms with Crippen molar-refractivity contribution < 1.29 is 41.0 Å². The smallest absolute Gasteiger partial charge is 0.420 e. The van der Waals surface area contributed by atoms with Crippen LogP contribution in [0.15, 0.2) is 30.3 Å². The van der Waals surface area contributed by atoms with Gasteiger partial charge in [-0.05, 0) is 92.8 Å². The van der Waals surface area contributed by atoms with E-state index >= 15 is 0 Å². The van der Waals surface area contributed by atoms with Crippen molar-refractivity contribution >= 4 is 16.7 Å². The fourth-order valence-electron chi connectivity index (χ4n) is 5.87. The van der Waals surface area contributed by atoms with Crippen molar-refractivity contribution in [1.82, 2.24) is 4.90 Å². The molecule has 38 heavy (non-hydrogen) atoms. The van der Waals surface area contributed by atoms with Gasteiger partial charge in [-0.3, -0.25) is 4.79 Å². The zero-order valence-electron chi connectivity index (χ0n) is 21.1. The predicted molar refractivity (Wildman–Crippen MR) is 131 cm³/mol. The molecule has 1 atom stereocenters. The number of halogens is 6. The average Bonchev–Trinajstić information content (AvgIpc) is 2.83. The van der Waals surface area contributed by atoms with Gasteiger partial charge in [0.1, 0.15) is 11.3 Å². The second-order valence-electron chi connectivity index (χ2n) is 10.6. The van der Waals surface area contributed by atoms with E-state index in [1.165, 1.54) is 12.1 Å². The van der Waals surface area contributed by atoms with Crippen LogP contribution in [-0.2, 0) is 17.4 Å². The molecule has 0 bridgehead atoms. The first kappa shape index (κ1) is 28.5. The Labute approximate surface area is 217 Å². The van der Waals surface area contributed by atoms with Gasteiger partial charge in [0, 0.05) is 13.0 Å². The van der Waals surface area contributed by atoms with E-state index in [-0.39, 0.29) is 49.2 Å². The number of aryl methyl sites for hydroxylation is 1. The maximum atomic E-state index is 14.1. The number of hydrogen-bond donors (Lipinski definition) is 1. The topological polar surface area (TPSA) is 49.8 Å². The highest BCUT2D eigenvalue weighted by molar-refractivity contribution is 5.89. The summed E-state index contributed by atoms with van der Waals surface area (Å²) in [5.74, 6) is -2.40. The second-order valence-corrected chi connectivity index (χ2v) is 10.6. The number of carboxylic acids is 1. The summed E-state index contributed by atoms with van der Waals surface area (Å²) in [5.41, 5.74) is 0.0149. The number of alkyl halides is 6. The van der Waals surface area contributed by atoms with Gasteiger partial charge >= 0.3 is 18.3 Å². The van der Waals surface area contributed by atoms with Gasteiger partial charge in [-0.2, -0.15) is 26.3 Å². The summed E-state index contributed by atoms with van der Waals surface area (Å²) in [4.78, 5) is 13.3. The van der Waals surface area contributed by atoms with E-state index in [0.29, 0.717) is 11.8 Å². The lowest BCUT2D eigenvalue weighted by atomic mass is 9.87. The van der Waals surface area contributed by atoms with E-state index in [2.05, 4.69) is 4.90 Å². The van der Waals surface area contributed by atoms with Gasteiger partial charge in [0.15, 0.2) is 0 Å². The summed E-state index contributed by atoms with van der Waals surface area (Å²) in [7, 11) is 0. The van der Waals surface area contributed by atoms with E-state index in [1.54, 1.807) is 18.2 Å². The number of ether oxygens (including phenoxy) is 1. The molecule has 2 aromatic carbocycles. The van der Waals surface area contributed by atoms with Gasteiger partial charge in [-0.25, -0.2) is 0 Å². The first-order valence-electron chi connectivity index (χ1n) is 13.2. The number of fused-ring (bicyclic) bond motifs is 1. The van der Waals surface area contributed by atoms with E-state index in [0.717, 1.165) is 44.5 Å². The van der Waals surface area contributed by atoms with E-state index in [9.17, 15) is 31.1 Å². The number of likely N-dealkylation sites (tertiary alicyclic amines) is 1. The van der Waals surface area contributed by atoms with Crippen molar-refractivity contribution in [3.8, 4) is 5.75 Å². The van der Waals surface area contributed by atoms with Crippen LogP contribution in [0, 0.1) is 11.8 Å². The Balaban J connectivity index is 1.41. The Bertz CT molecular complexity index is 1110. The van der Waals surface area contributed by atoms with Crippen molar-refractivity contribution in [2.45, 2.75) is 76.2 Å². The molecule has 0 amide bonds. The third-order valence-corrected chi connectivity index (χ3v) is 7.77. The molecular weight excluding hydrogens is 512 g/mol. The summed E-state index contributed by atoms with van der Waals surface area (Å²) in [6.45, 7) is 2.47. The van der Waals surface area contributed by atoms with Crippen LogP contribution < -0.4 is 4.74 Å². The van der Waals surface area contributed by atoms with Crippen LogP contribution in [-0.4, -0.2) is 47.9 Å². The number of benzene rings is 2. The fourth-order valence-corrected chi connectivity index (χ4v) is 5.87. The van der Waals surface area contributed by atoms with Crippen LogP contribution >= 0.6 is 0 Å². The molecule has 1 aliphatic heterocycles. The van der Waals surface area contributed by atoms with Gasteiger partial charge in [-0.15, -0.1) is 0 Å². The quantitative estimate of drug-likeness (QED) is 0.350. The van der Waals surface area contributed by atoms with Gasteiger partial charge in [-0.1, -0.05) is 24.3 Å². The molecule has 1 saturated carbocycles. The predicted octanol–water partition coefficient (Wildman–Crippen LogP) is 7.48. The van der Waals surface area contributed by atoms with Crippen LogP contribution in [0.4, 0.5) is 26.3 Å². The minimum absolute atomic E-state index is 0.00951. The van der Waals surface area contributed by atoms with Crippen molar-refractivity contribution in [3.05, 3.63) is 41.5 Å². The molecule has 2 aliphatic rings. The summed E-state index contributed by atoms with van der Waals surface area (Å²) < 4.78 is 86.8. The summed E-state index contributed by atoms with van der Waals surface area (Å²) >= 11 is 0. The summed E-state index contributed by atoms with van der Waals surface area (Å²) in [5, 5.41) is 9.48. The number of carbonyl (C=O) groups is 1. The number of nitrogens with zero attached hydrogens (tertiary/aromatic N) is 1. The van der Waals surface area contributed by atoms with Crippen LogP contribution in [0.25, 0.3) is 10.8 Å². The SMILES string of the molecule is O=C(O)C[C@H]1CCCN(CCCc2ccc3c(C(F)(F)F)c(OC4CCC(C(F)(F)F)CC4)ccc3c2)C1. The molecule has 0 aromatic heterocycles. The molecule has 1 N–H and O–H groups in total. The highest BCUT2D eigenvalue weighted by atomic mass is 19.4. The molecule has 10 heteroatoms. The Hall–Kier alpha value is -2.49. The maximum absolute atomic E-state index is 14.1. The molecule has 210 valence electrons. The third kappa shape index (κ3) is 7.33. The Kier molecular flexibility index (Phi) is 8.79. The molecule has 1 heterocycles. The van der Waals surface area contributed by atoms with Crippen LogP contribution in [0.2, 0.25) is 0 Å². The molecule has 2 aromatic rings. The lowest BCUT2D eigenvalue weighted by Gasteiger charge is -2.32.